The number of amides is 2. The van der Waals surface area contributed by atoms with Crippen molar-refractivity contribution in [3.8, 4) is 5.69 Å². The van der Waals surface area contributed by atoms with Crippen molar-refractivity contribution in [3.63, 3.8) is 0 Å². The second kappa shape index (κ2) is 13.3. The molecular weight excluding hydrogens is 574 g/mol. The van der Waals surface area contributed by atoms with Gasteiger partial charge in [0.25, 0.3) is 0 Å². The standard InChI is InChI=1S/C37H43N7O2/c1-24-13-15-26(16-14-24)44-34(23-32(43-44)37(2,3)4)42-36(46)41-28-10-6-5-9-27(28)35(25-19-21-38-22-20-25)31(45)17-18-33-39-29-11-7-8-12-30(29)40-33/h5-16,23,25,35,38H,17-22H2,1-4H3,(H,39,40)(H2,41,42,46). The van der Waals surface area contributed by atoms with Gasteiger partial charge in [-0.25, -0.2) is 14.5 Å². The maximum absolute atomic E-state index is 14.1. The zero-order chi connectivity index (χ0) is 32.3. The van der Waals surface area contributed by atoms with Crippen LogP contribution in [0.4, 0.5) is 16.3 Å². The Morgan fingerprint density at radius 1 is 0.957 bits per heavy atom. The van der Waals surface area contributed by atoms with E-state index in [1.165, 1.54) is 0 Å². The van der Waals surface area contributed by atoms with Gasteiger partial charge in [0.05, 0.1) is 22.4 Å². The predicted octanol–water partition coefficient (Wildman–Crippen LogP) is 7.28. The van der Waals surface area contributed by atoms with E-state index in [0.717, 1.165) is 65.3 Å². The number of aromatic amines is 1. The number of carbonyl (C=O) groups is 2. The lowest BCUT2D eigenvalue weighted by Crippen LogP contribution is -2.34. The van der Waals surface area contributed by atoms with Crippen LogP contribution in [0.1, 0.15) is 68.6 Å². The third-order valence-electron chi connectivity index (χ3n) is 8.79. The second-order valence-corrected chi connectivity index (χ2v) is 13.3. The molecule has 9 nitrogen and oxygen atoms in total. The molecule has 9 heteroatoms. The fraction of sp³-hybridized carbons (Fsp3) is 0.351. The Hall–Kier alpha value is -4.76. The van der Waals surface area contributed by atoms with Crippen molar-refractivity contribution in [1.29, 1.82) is 0 Å². The van der Waals surface area contributed by atoms with Gasteiger partial charge in [-0.05, 0) is 74.7 Å². The van der Waals surface area contributed by atoms with Gasteiger partial charge >= 0.3 is 6.03 Å². The maximum atomic E-state index is 14.1. The van der Waals surface area contributed by atoms with Gasteiger partial charge in [0.15, 0.2) is 0 Å². The molecule has 3 heterocycles. The average molecular weight is 618 g/mol. The number of carbonyl (C=O) groups excluding carboxylic acids is 2. The molecule has 0 spiro atoms. The van der Waals surface area contributed by atoms with Crippen molar-refractivity contribution in [2.45, 2.75) is 64.7 Å². The van der Waals surface area contributed by atoms with E-state index in [4.69, 9.17) is 5.10 Å². The van der Waals surface area contributed by atoms with Gasteiger partial charge in [-0.2, -0.15) is 5.10 Å². The zero-order valence-electron chi connectivity index (χ0n) is 27.1. The minimum absolute atomic E-state index is 0.161. The number of hydrogen-bond donors (Lipinski definition) is 4. The Morgan fingerprint density at radius 2 is 1.67 bits per heavy atom. The second-order valence-electron chi connectivity index (χ2n) is 13.3. The number of H-pyrrole nitrogens is 1. The number of piperidine rings is 1. The summed E-state index contributed by atoms with van der Waals surface area (Å²) in [6, 6.07) is 25.2. The minimum atomic E-state index is -0.389. The van der Waals surface area contributed by atoms with Gasteiger partial charge in [-0.15, -0.1) is 0 Å². The van der Waals surface area contributed by atoms with Crippen LogP contribution in [-0.2, 0) is 16.6 Å². The largest absolute Gasteiger partial charge is 0.342 e. The van der Waals surface area contributed by atoms with Crippen molar-refractivity contribution in [1.82, 2.24) is 25.1 Å². The summed E-state index contributed by atoms with van der Waals surface area (Å²) in [6.07, 6.45) is 2.68. The molecule has 0 saturated carbocycles. The molecule has 6 rings (SSSR count). The summed E-state index contributed by atoms with van der Waals surface area (Å²) in [6.45, 7) is 10.1. The van der Waals surface area contributed by atoms with Crippen molar-refractivity contribution < 1.29 is 9.59 Å². The van der Waals surface area contributed by atoms with Gasteiger partial charge in [0.1, 0.15) is 17.4 Å². The number of Topliss-reactive ketones (excluding diaryl/α,β-unsaturated/α-hetero) is 1. The molecule has 2 aromatic heterocycles. The van der Waals surface area contributed by atoms with Gasteiger partial charge in [0, 0.05) is 35.9 Å². The number of para-hydroxylation sites is 3. The molecule has 1 unspecified atom stereocenters. The first-order chi connectivity index (χ1) is 22.2. The fourth-order valence-electron chi connectivity index (χ4n) is 6.26. The van der Waals surface area contributed by atoms with Crippen molar-refractivity contribution in [3.05, 3.63) is 102 Å². The van der Waals surface area contributed by atoms with Gasteiger partial charge in [-0.1, -0.05) is 68.8 Å². The SMILES string of the molecule is Cc1ccc(-n2nc(C(C)(C)C)cc2NC(=O)Nc2ccccc2C(C(=O)CCc2nc3ccccc3[nH]2)C2CCNCC2)cc1. The molecule has 2 amide bonds. The lowest BCUT2D eigenvalue weighted by molar-refractivity contribution is -0.121. The molecule has 0 radical (unpaired) electrons. The molecule has 3 aromatic carbocycles. The van der Waals surface area contributed by atoms with Gasteiger partial charge in [0.2, 0.25) is 0 Å². The predicted molar refractivity (Wildman–Crippen MR) is 184 cm³/mol. The summed E-state index contributed by atoms with van der Waals surface area (Å²) in [4.78, 5) is 35.7. The Morgan fingerprint density at radius 3 is 2.41 bits per heavy atom. The number of imidazole rings is 1. The summed E-state index contributed by atoms with van der Waals surface area (Å²) in [5, 5.41) is 14.4. The molecule has 46 heavy (non-hydrogen) atoms. The van der Waals surface area contributed by atoms with E-state index in [0.29, 0.717) is 24.3 Å². The first-order valence-corrected chi connectivity index (χ1v) is 16.2. The van der Waals surface area contributed by atoms with Crippen LogP contribution in [0, 0.1) is 12.8 Å². The molecule has 0 aliphatic carbocycles. The van der Waals surface area contributed by atoms with E-state index in [1.807, 2.05) is 85.8 Å². The third kappa shape index (κ3) is 7.05. The average Bonchev–Trinajstić information content (AvgIpc) is 3.66. The number of ketones is 1. The van der Waals surface area contributed by atoms with Crippen molar-refractivity contribution in [2.24, 2.45) is 5.92 Å². The molecule has 238 valence electrons. The molecular formula is C37H43N7O2. The number of anilines is 2. The van der Waals surface area contributed by atoms with E-state index in [-0.39, 0.29) is 29.1 Å². The molecule has 4 N–H and O–H groups in total. The van der Waals surface area contributed by atoms with E-state index in [9.17, 15) is 9.59 Å². The third-order valence-corrected chi connectivity index (χ3v) is 8.79. The first kappa shape index (κ1) is 31.2. The fourth-order valence-corrected chi connectivity index (χ4v) is 6.26. The normalized spacial score (nSPS) is 14.7. The molecule has 0 bridgehead atoms. The monoisotopic (exact) mass is 617 g/mol. The molecule has 1 aliphatic heterocycles. The van der Waals surface area contributed by atoms with Gasteiger partial charge < -0.3 is 15.6 Å². The lowest BCUT2D eigenvalue weighted by atomic mass is 9.76. The number of urea groups is 1. The molecule has 5 aromatic rings. The number of hydrogen-bond acceptors (Lipinski definition) is 5. The molecule has 1 saturated heterocycles. The van der Waals surface area contributed by atoms with Crippen molar-refractivity contribution >= 4 is 34.4 Å². The number of rotatable bonds is 9. The molecule has 1 fully saturated rings. The van der Waals surface area contributed by atoms with Crippen LogP contribution in [0.5, 0.6) is 0 Å². The van der Waals surface area contributed by atoms with E-state index < -0.39 is 0 Å². The number of fused-ring (bicyclic) bond motifs is 1. The summed E-state index contributed by atoms with van der Waals surface area (Å²) < 4.78 is 1.77. The first-order valence-electron chi connectivity index (χ1n) is 16.2. The highest BCUT2D eigenvalue weighted by atomic mass is 16.2. The topological polar surface area (TPSA) is 117 Å². The highest BCUT2D eigenvalue weighted by Crippen LogP contribution is 2.37. The Labute approximate surface area is 270 Å². The zero-order valence-corrected chi connectivity index (χ0v) is 27.1. The van der Waals surface area contributed by atoms with Crippen LogP contribution in [0.25, 0.3) is 16.7 Å². The smallest absolute Gasteiger partial charge is 0.324 e. The Kier molecular flexibility index (Phi) is 9.03. The molecule has 1 aliphatic rings. The number of aryl methyl sites for hydroxylation is 2. The highest BCUT2D eigenvalue weighted by Gasteiger charge is 2.32. The van der Waals surface area contributed by atoms with Crippen LogP contribution in [0.15, 0.2) is 78.9 Å². The van der Waals surface area contributed by atoms with E-state index >= 15 is 0 Å². The van der Waals surface area contributed by atoms with E-state index in [2.05, 4.69) is 46.7 Å². The van der Waals surface area contributed by atoms with Crippen LogP contribution in [-0.4, -0.2) is 44.7 Å². The minimum Gasteiger partial charge on any atom is -0.342 e. The Bertz CT molecular complexity index is 1790. The summed E-state index contributed by atoms with van der Waals surface area (Å²) >= 11 is 0. The number of nitrogens with one attached hydrogen (secondary N) is 4. The quantitative estimate of drug-likeness (QED) is 0.139. The van der Waals surface area contributed by atoms with E-state index in [1.54, 1.807) is 4.68 Å². The molecule has 1 atom stereocenters. The summed E-state index contributed by atoms with van der Waals surface area (Å²) in [5.74, 6) is 1.38. The summed E-state index contributed by atoms with van der Waals surface area (Å²) in [7, 11) is 0. The number of benzene rings is 3. The van der Waals surface area contributed by atoms with Crippen molar-refractivity contribution in [2.75, 3.05) is 23.7 Å². The Balaban J connectivity index is 1.24. The number of aromatic nitrogens is 4. The highest BCUT2D eigenvalue weighted by molar-refractivity contribution is 6.01. The lowest BCUT2D eigenvalue weighted by Gasteiger charge is -2.31. The van der Waals surface area contributed by atoms with Crippen LogP contribution >= 0.6 is 0 Å². The number of nitrogens with zero attached hydrogens (tertiary/aromatic N) is 3. The van der Waals surface area contributed by atoms with Crippen LogP contribution < -0.4 is 16.0 Å². The van der Waals surface area contributed by atoms with Crippen LogP contribution in [0.2, 0.25) is 0 Å². The van der Waals surface area contributed by atoms with Gasteiger partial charge in [-0.3, -0.25) is 10.1 Å². The van der Waals surface area contributed by atoms with Crippen LogP contribution in [0.3, 0.4) is 0 Å². The maximum Gasteiger partial charge on any atom is 0.324 e. The summed E-state index contributed by atoms with van der Waals surface area (Å²) in [5.41, 5.74) is 6.02.